The highest BCUT2D eigenvalue weighted by atomic mass is 127. The minimum atomic E-state index is -0.192. The Labute approximate surface area is 193 Å². The molecule has 0 bridgehead atoms. The van der Waals surface area contributed by atoms with E-state index in [-0.39, 0.29) is 29.8 Å². The third-order valence-electron chi connectivity index (χ3n) is 4.75. The van der Waals surface area contributed by atoms with Crippen LogP contribution in [0.1, 0.15) is 37.3 Å². The van der Waals surface area contributed by atoms with E-state index in [4.69, 9.17) is 0 Å². The molecule has 2 aromatic rings. The monoisotopic (exact) mass is 532 g/mol. The van der Waals surface area contributed by atoms with Gasteiger partial charge in [-0.25, -0.2) is 4.39 Å². The van der Waals surface area contributed by atoms with Gasteiger partial charge in [0, 0.05) is 44.4 Å². The molecule has 0 unspecified atom stereocenters. The molecular formula is C20H30FIN6S. The first-order valence-electron chi connectivity index (χ1n) is 10.00. The van der Waals surface area contributed by atoms with Crippen molar-refractivity contribution in [2.45, 2.75) is 50.0 Å². The molecule has 0 fully saturated rings. The third kappa shape index (κ3) is 7.76. The van der Waals surface area contributed by atoms with Gasteiger partial charge in [0.15, 0.2) is 5.96 Å². The molecule has 0 radical (unpaired) electrons. The van der Waals surface area contributed by atoms with Gasteiger partial charge < -0.3 is 15.2 Å². The van der Waals surface area contributed by atoms with Crippen LogP contribution in [0.2, 0.25) is 0 Å². The SMILES string of the molecule is CN=C(NCCCSc1ccc(F)cc1)NCCc1nnc2n1CCCCC2.I. The zero-order chi connectivity index (χ0) is 19.6. The second-order valence-electron chi connectivity index (χ2n) is 6.83. The fourth-order valence-electron chi connectivity index (χ4n) is 3.24. The predicted molar refractivity (Wildman–Crippen MR) is 128 cm³/mol. The van der Waals surface area contributed by atoms with Crippen LogP contribution in [0.25, 0.3) is 0 Å². The molecule has 9 heteroatoms. The van der Waals surface area contributed by atoms with Crippen LogP contribution in [0.4, 0.5) is 4.39 Å². The van der Waals surface area contributed by atoms with Gasteiger partial charge in [-0.1, -0.05) is 6.42 Å². The molecule has 2 heterocycles. The highest BCUT2D eigenvalue weighted by Crippen LogP contribution is 2.18. The Morgan fingerprint density at radius 2 is 1.93 bits per heavy atom. The Morgan fingerprint density at radius 3 is 2.72 bits per heavy atom. The average molecular weight is 532 g/mol. The number of aliphatic imine (C=N–C) groups is 1. The van der Waals surface area contributed by atoms with E-state index in [1.165, 1.54) is 31.4 Å². The number of hydrogen-bond acceptors (Lipinski definition) is 4. The first-order valence-corrected chi connectivity index (χ1v) is 11.0. The fraction of sp³-hybridized carbons (Fsp3) is 0.550. The normalized spacial score (nSPS) is 13.9. The van der Waals surface area contributed by atoms with Crippen LogP contribution < -0.4 is 10.6 Å². The van der Waals surface area contributed by atoms with Crippen LogP contribution in [0.5, 0.6) is 0 Å². The summed E-state index contributed by atoms with van der Waals surface area (Å²) >= 11 is 1.73. The van der Waals surface area contributed by atoms with Gasteiger partial charge in [0.1, 0.15) is 17.5 Å². The summed E-state index contributed by atoms with van der Waals surface area (Å²) < 4.78 is 15.2. The molecule has 0 atom stereocenters. The number of nitrogens with one attached hydrogen (secondary N) is 2. The Balaban J connectivity index is 0.00000300. The summed E-state index contributed by atoms with van der Waals surface area (Å²) in [4.78, 5) is 5.37. The molecule has 0 spiro atoms. The van der Waals surface area contributed by atoms with Crippen LogP contribution in [0, 0.1) is 5.82 Å². The number of aryl methyl sites for hydroxylation is 1. The highest BCUT2D eigenvalue weighted by molar-refractivity contribution is 14.0. The maximum Gasteiger partial charge on any atom is 0.190 e. The molecular weight excluding hydrogens is 502 g/mol. The van der Waals surface area contributed by atoms with Crippen molar-refractivity contribution in [3.63, 3.8) is 0 Å². The molecule has 0 aliphatic carbocycles. The molecule has 0 saturated heterocycles. The van der Waals surface area contributed by atoms with Crippen molar-refractivity contribution in [1.29, 1.82) is 0 Å². The Morgan fingerprint density at radius 1 is 1.14 bits per heavy atom. The molecule has 2 N–H and O–H groups in total. The van der Waals surface area contributed by atoms with Gasteiger partial charge in [0.25, 0.3) is 0 Å². The number of fused-ring (bicyclic) bond motifs is 1. The van der Waals surface area contributed by atoms with Crippen LogP contribution in [0.15, 0.2) is 34.2 Å². The zero-order valence-electron chi connectivity index (χ0n) is 16.9. The first kappa shape index (κ1) is 23.9. The molecule has 0 saturated carbocycles. The van der Waals surface area contributed by atoms with Gasteiger partial charge in [-0.3, -0.25) is 4.99 Å². The zero-order valence-corrected chi connectivity index (χ0v) is 20.0. The molecule has 29 heavy (non-hydrogen) atoms. The Bertz CT molecular complexity index is 765. The molecule has 0 amide bonds. The van der Waals surface area contributed by atoms with Crippen LogP contribution >= 0.6 is 35.7 Å². The number of rotatable bonds is 8. The van der Waals surface area contributed by atoms with Crippen LogP contribution in [-0.4, -0.2) is 46.6 Å². The number of halogens is 2. The van der Waals surface area contributed by atoms with E-state index < -0.39 is 0 Å². The Kier molecular flexibility index (Phi) is 10.8. The average Bonchev–Trinajstić information content (AvgIpc) is 2.94. The molecule has 3 rings (SSSR count). The van der Waals surface area contributed by atoms with E-state index in [9.17, 15) is 4.39 Å². The van der Waals surface area contributed by atoms with Gasteiger partial charge in [-0.2, -0.15) is 0 Å². The summed E-state index contributed by atoms with van der Waals surface area (Å²) in [7, 11) is 1.78. The minimum absolute atomic E-state index is 0. The minimum Gasteiger partial charge on any atom is -0.356 e. The lowest BCUT2D eigenvalue weighted by molar-refractivity contribution is 0.600. The summed E-state index contributed by atoms with van der Waals surface area (Å²) in [6, 6.07) is 6.64. The summed E-state index contributed by atoms with van der Waals surface area (Å²) in [5, 5.41) is 15.4. The summed E-state index contributed by atoms with van der Waals surface area (Å²) in [5.74, 6) is 3.79. The van der Waals surface area contributed by atoms with Crippen molar-refractivity contribution in [2.24, 2.45) is 4.99 Å². The molecule has 1 aliphatic rings. The first-order chi connectivity index (χ1) is 13.8. The van der Waals surface area contributed by atoms with Crippen molar-refractivity contribution in [3.05, 3.63) is 41.7 Å². The van der Waals surface area contributed by atoms with Crippen molar-refractivity contribution in [3.8, 4) is 0 Å². The fourth-order valence-corrected chi connectivity index (χ4v) is 4.10. The lowest BCUT2D eigenvalue weighted by Crippen LogP contribution is -2.39. The predicted octanol–water partition coefficient (Wildman–Crippen LogP) is 3.65. The van der Waals surface area contributed by atoms with E-state index in [1.54, 1.807) is 18.8 Å². The van der Waals surface area contributed by atoms with E-state index in [2.05, 4.69) is 30.4 Å². The van der Waals surface area contributed by atoms with E-state index >= 15 is 0 Å². The van der Waals surface area contributed by atoms with Gasteiger partial charge in [-0.15, -0.1) is 45.9 Å². The Hall–Kier alpha value is -1.36. The number of aromatic nitrogens is 3. The molecule has 1 aromatic heterocycles. The summed E-state index contributed by atoms with van der Waals surface area (Å²) in [6.07, 6.45) is 6.59. The van der Waals surface area contributed by atoms with Crippen molar-refractivity contribution < 1.29 is 4.39 Å². The van der Waals surface area contributed by atoms with Crippen molar-refractivity contribution in [2.75, 3.05) is 25.9 Å². The van der Waals surface area contributed by atoms with E-state index in [0.717, 1.165) is 67.2 Å². The molecule has 1 aromatic carbocycles. The van der Waals surface area contributed by atoms with Gasteiger partial charge in [-0.05, 0) is 49.3 Å². The lowest BCUT2D eigenvalue weighted by atomic mass is 10.2. The quantitative estimate of drug-likeness (QED) is 0.179. The largest absolute Gasteiger partial charge is 0.356 e. The maximum absolute atomic E-state index is 12.9. The number of guanidine groups is 1. The highest BCUT2D eigenvalue weighted by Gasteiger charge is 2.14. The van der Waals surface area contributed by atoms with Gasteiger partial charge in [0.2, 0.25) is 0 Å². The standard InChI is InChI=1S/C20H29FN6S.HI/c1-22-20(23-12-5-15-28-17-9-7-16(21)8-10-17)24-13-11-19-26-25-18-6-3-2-4-14-27(18)19;/h7-10H,2-6,11-15H2,1H3,(H2,22,23,24);1H. The van der Waals surface area contributed by atoms with E-state index in [0.29, 0.717) is 0 Å². The topological polar surface area (TPSA) is 67.1 Å². The second-order valence-corrected chi connectivity index (χ2v) is 7.99. The van der Waals surface area contributed by atoms with Crippen molar-refractivity contribution >= 4 is 41.7 Å². The summed E-state index contributed by atoms with van der Waals surface area (Å²) in [5.41, 5.74) is 0. The smallest absolute Gasteiger partial charge is 0.190 e. The number of benzene rings is 1. The van der Waals surface area contributed by atoms with Crippen LogP contribution in [0.3, 0.4) is 0 Å². The lowest BCUT2D eigenvalue weighted by Gasteiger charge is -2.12. The van der Waals surface area contributed by atoms with Crippen molar-refractivity contribution in [1.82, 2.24) is 25.4 Å². The molecule has 6 nitrogen and oxygen atoms in total. The van der Waals surface area contributed by atoms with E-state index in [1.807, 2.05) is 12.1 Å². The van der Waals surface area contributed by atoms with Gasteiger partial charge >= 0.3 is 0 Å². The molecule has 1 aliphatic heterocycles. The summed E-state index contributed by atoms with van der Waals surface area (Å²) in [6.45, 7) is 2.66. The third-order valence-corrected chi connectivity index (χ3v) is 5.84. The molecule has 160 valence electrons. The second kappa shape index (κ2) is 13.0. The number of thioether (sulfide) groups is 1. The number of hydrogen-bond donors (Lipinski definition) is 2. The van der Waals surface area contributed by atoms with Crippen LogP contribution in [-0.2, 0) is 19.4 Å². The van der Waals surface area contributed by atoms with Gasteiger partial charge in [0.05, 0.1) is 0 Å². The number of nitrogens with zero attached hydrogens (tertiary/aromatic N) is 4. The maximum atomic E-state index is 12.9.